The third-order valence-electron chi connectivity index (χ3n) is 11.4. The van der Waals surface area contributed by atoms with E-state index >= 15 is 0 Å². The van der Waals surface area contributed by atoms with Gasteiger partial charge in [0.05, 0.1) is 27.7 Å². The van der Waals surface area contributed by atoms with Crippen LogP contribution in [-0.4, -0.2) is 74.9 Å². The molecule has 0 fully saturated rings. The molecule has 392 valence electrons. The van der Waals surface area contributed by atoms with Gasteiger partial charge in [0.1, 0.15) is 19.8 Å². The van der Waals surface area contributed by atoms with Gasteiger partial charge in [-0.2, -0.15) is 0 Å². The van der Waals surface area contributed by atoms with E-state index in [1.54, 1.807) is 0 Å². The van der Waals surface area contributed by atoms with E-state index in [9.17, 15) is 19.0 Å². The minimum atomic E-state index is -4.40. The second-order valence-corrected chi connectivity index (χ2v) is 20.7. The number of quaternary nitrogens is 1. The van der Waals surface area contributed by atoms with Gasteiger partial charge in [-0.05, 0) is 89.9 Å². The third-order valence-corrected chi connectivity index (χ3v) is 12.4. The number of phosphoric ester groups is 1. The summed E-state index contributed by atoms with van der Waals surface area (Å²) in [5.41, 5.74) is 0. The number of phosphoric acid groups is 1. The molecule has 0 saturated heterocycles. The molecular formula is C58H103NO8P+. The topological polar surface area (TPSA) is 108 Å². The zero-order valence-corrected chi connectivity index (χ0v) is 45.2. The lowest BCUT2D eigenvalue weighted by atomic mass is 10.0. The predicted octanol–water partition coefficient (Wildman–Crippen LogP) is 16.7. The van der Waals surface area contributed by atoms with Crippen LogP contribution in [0.25, 0.3) is 0 Å². The van der Waals surface area contributed by atoms with Crippen LogP contribution in [0.4, 0.5) is 0 Å². The Labute approximate surface area is 418 Å². The Morgan fingerprint density at radius 1 is 0.471 bits per heavy atom. The highest BCUT2D eigenvalue weighted by Gasteiger charge is 2.27. The summed E-state index contributed by atoms with van der Waals surface area (Å²) in [7, 11) is 1.44. The zero-order valence-electron chi connectivity index (χ0n) is 44.3. The van der Waals surface area contributed by atoms with Gasteiger partial charge in [-0.3, -0.25) is 18.6 Å². The van der Waals surface area contributed by atoms with Gasteiger partial charge >= 0.3 is 19.8 Å². The molecule has 2 atom stereocenters. The van der Waals surface area contributed by atoms with Crippen LogP contribution in [0.3, 0.4) is 0 Å². The summed E-state index contributed by atoms with van der Waals surface area (Å²) in [5.74, 6) is -0.849. The Morgan fingerprint density at radius 3 is 1.28 bits per heavy atom. The monoisotopic (exact) mass is 973 g/mol. The summed E-state index contributed by atoms with van der Waals surface area (Å²) in [6.07, 6.45) is 65.2. The maximum atomic E-state index is 12.7. The van der Waals surface area contributed by atoms with Gasteiger partial charge in [-0.25, -0.2) is 4.57 Å². The average molecular weight is 973 g/mol. The third kappa shape index (κ3) is 52.6. The van der Waals surface area contributed by atoms with E-state index in [0.717, 1.165) is 70.6 Å². The van der Waals surface area contributed by atoms with E-state index in [1.165, 1.54) is 116 Å². The maximum absolute atomic E-state index is 12.7. The number of hydrogen-bond donors (Lipinski definition) is 1. The van der Waals surface area contributed by atoms with E-state index in [4.69, 9.17) is 18.5 Å². The molecule has 0 rings (SSSR count). The quantitative estimate of drug-likeness (QED) is 0.0211. The number of esters is 2. The molecule has 0 aromatic rings. The molecule has 0 aliphatic carbocycles. The number of allylic oxidation sites excluding steroid dienone is 14. The van der Waals surface area contributed by atoms with Crippen molar-refractivity contribution in [2.24, 2.45) is 0 Å². The fraction of sp³-hybridized carbons (Fsp3) is 0.724. The average Bonchev–Trinajstić information content (AvgIpc) is 3.30. The van der Waals surface area contributed by atoms with Gasteiger partial charge in [0.25, 0.3) is 0 Å². The van der Waals surface area contributed by atoms with Crippen LogP contribution >= 0.6 is 7.82 Å². The van der Waals surface area contributed by atoms with Crippen molar-refractivity contribution in [3.63, 3.8) is 0 Å². The first-order valence-corrected chi connectivity index (χ1v) is 28.8. The fourth-order valence-corrected chi connectivity index (χ4v) is 7.93. The normalized spacial score (nSPS) is 14.0. The molecule has 68 heavy (non-hydrogen) atoms. The molecule has 0 aromatic carbocycles. The van der Waals surface area contributed by atoms with Crippen molar-refractivity contribution in [2.75, 3.05) is 47.5 Å². The molecule has 0 radical (unpaired) electrons. The van der Waals surface area contributed by atoms with Crippen LogP contribution in [-0.2, 0) is 32.7 Å². The molecule has 0 saturated carbocycles. The molecule has 0 amide bonds. The maximum Gasteiger partial charge on any atom is 0.472 e. The molecule has 0 bridgehead atoms. The van der Waals surface area contributed by atoms with Crippen LogP contribution in [0, 0.1) is 0 Å². The van der Waals surface area contributed by atoms with E-state index in [0.29, 0.717) is 17.4 Å². The predicted molar refractivity (Wildman–Crippen MR) is 289 cm³/mol. The lowest BCUT2D eigenvalue weighted by molar-refractivity contribution is -0.870. The van der Waals surface area contributed by atoms with Gasteiger partial charge in [0, 0.05) is 12.8 Å². The van der Waals surface area contributed by atoms with E-state index < -0.39 is 26.5 Å². The van der Waals surface area contributed by atoms with Crippen LogP contribution in [0.1, 0.15) is 219 Å². The summed E-state index contributed by atoms with van der Waals surface area (Å²) >= 11 is 0. The molecule has 2 unspecified atom stereocenters. The van der Waals surface area contributed by atoms with Crippen molar-refractivity contribution in [3.8, 4) is 0 Å². The minimum Gasteiger partial charge on any atom is -0.462 e. The minimum absolute atomic E-state index is 0.0200. The molecule has 1 N–H and O–H groups in total. The lowest BCUT2D eigenvalue weighted by Gasteiger charge is -2.24. The van der Waals surface area contributed by atoms with Crippen molar-refractivity contribution < 1.29 is 42.1 Å². The fourth-order valence-electron chi connectivity index (χ4n) is 7.19. The first-order chi connectivity index (χ1) is 33.0. The number of carbonyl (C=O) groups excluding carboxylic acids is 2. The highest BCUT2D eigenvalue weighted by molar-refractivity contribution is 7.47. The number of hydrogen-bond acceptors (Lipinski definition) is 7. The lowest BCUT2D eigenvalue weighted by Crippen LogP contribution is -2.37. The number of carbonyl (C=O) groups is 2. The first-order valence-electron chi connectivity index (χ1n) is 27.3. The Morgan fingerprint density at radius 2 is 0.838 bits per heavy atom. The van der Waals surface area contributed by atoms with Crippen LogP contribution in [0.5, 0.6) is 0 Å². The largest absolute Gasteiger partial charge is 0.472 e. The Bertz CT molecular complexity index is 1420. The summed E-state index contributed by atoms with van der Waals surface area (Å²) in [6, 6.07) is 0. The molecule has 0 aliphatic rings. The molecule has 0 heterocycles. The van der Waals surface area contributed by atoms with Crippen molar-refractivity contribution in [2.45, 2.75) is 225 Å². The number of unbranched alkanes of at least 4 members (excludes halogenated alkanes) is 21. The van der Waals surface area contributed by atoms with E-state index in [2.05, 4.69) is 98.9 Å². The number of rotatable bonds is 49. The SMILES string of the molecule is CC/C=C\C/C=C\C/C=C\C/C=C\CCCCC(=O)OC(COC(=O)CCCCCCCCCCCCCCCC/C=C\C/C=C\C/C=C\CCCCCCC)COP(=O)(O)OCC[N+](C)(C)C. The van der Waals surface area contributed by atoms with E-state index in [-0.39, 0.29) is 32.0 Å². The van der Waals surface area contributed by atoms with E-state index in [1.807, 2.05) is 21.1 Å². The summed E-state index contributed by atoms with van der Waals surface area (Å²) in [6.45, 7) is 4.25. The number of likely N-dealkylation sites (N-methyl/N-ethyl adjacent to an activating group) is 1. The van der Waals surface area contributed by atoms with Crippen LogP contribution in [0.15, 0.2) is 85.1 Å². The summed E-state index contributed by atoms with van der Waals surface area (Å²) < 4.78 is 34.4. The van der Waals surface area contributed by atoms with Crippen molar-refractivity contribution in [1.29, 1.82) is 0 Å². The molecule has 0 spiro atoms. The highest BCUT2D eigenvalue weighted by atomic mass is 31.2. The Balaban J connectivity index is 4.16. The van der Waals surface area contributed by atoms with Gasteiger partial charge in [-0.15, -0.1) is 0 Å². The molecule has 9 nitrogen and oxygen atoms in total. The molecule has 10 heteroatoms. The number of ether oxygens (including phenoxy) is 2. The molecule has 0 aliphatic heterocycles. The second-order valence-electron chi connectivity index (χ2n) is 19.2. The highest BCUT2D eigenvalue weighted by Crippen LogP contribution is 2.43. The van der Waals surface area contributed by atoms with Gasteiger partial charge in [-0.1, -0.05) is 202 Å². The first kappa shape index (κ1) is 65.2. The summed E-state index contributed by atoms with van der Waals surface area (Å²) in [4.78, 5) is 35.5. The standard InChI is InChI=1S/C58H102NO8P/c1-6-8-10-12-14-16-18-20-22-23-24-25-26-27-28-29-30-31-32-33-34-35-37-38-40-42-44-46-48-50-57(60)64-54-56(55-66-68(62,63)65-53-52-59(3,4)5)67-58(61)51-49-47-45-43-41-39-36-21-19-17-15-13-11-9-7-2/h9,11,15,17-18,20-21,23-24,26-27,36,41,43,56H,6-8,10,12-14,16,19,22,25,28-35,37-40,42,44-55H2,1-5H3/p+1/b11-9-,17-15-,20-18-,24-23-,27-26-,36-21-,43-41-. The van der Waals surface area contributed by atoms with Crippen molar-refractivity contribution >= 4 is 19.8 Å². The number of nitrogens with zero attached hydrogens (tertiary/aromatic N) is 1. The Kier molecular flexibility index (Phi) is 47.2. The molecular weight excluding hydrogens is 870 g/mol. The second kappa shape index (κ2) is 49.2. The van der Waals surface area contributed by atoms with Gasteiger partial charge in [0.15, 0.2) is 6.10 Å². The van der Waals surface area contributed by atoms with Gasteiger partial charge < -0.3 is 18.9 Å². The van der Waals surface area contributed by atoms with Crippen molar-refractivity contribution in [3.05, 3.63) is 85.1 Å². The van der Waals surface area contributed by atoms with Crippen LogP contribution in [0.2, 0.25) is 0 Å². The summed E-state index contributed by atoms with van der Waals surface area (Å²) in [5, 5.41) is 0. The smallest absolute Gasteiger partial charge is 0.462 e. The Hall–Kier alpha value is -2.81. The van der Waals surface area contributed by atoms with Crippen LogP contribution < -0.4 is 0 Å². The van der Waals surface area contributed by atoms with Gasteiger partial charge in [0.2, 0.25) is 0 Å². The zero-order chi connectivity index (χ0) is 49.9. The van der Waals surface area contributed by atoms with Crippen molar-refractivity contribution in [1.82, 2.24) is 0 Å². The molecule has 0 aromatic heterocycles.